The molecule has 0 radical (unpaired) electrons. The Morgan fingerprint density at radius 1 is 1.00 bits per heavy atom. The Hall–Kier alpha value is -3.21. The smallest absolute Gasteiger partial charge is 0.253 e. The summed E-state index contributed by atoms with van der Waals surface area (Å²) in [5, 5.41) is 3.22. The van der Waals surface area contributed by atoms with Crippen molar-refractivity contribution in [1.29, 1.82) is 0 Å². The van der Waals surface area contributed by atoms with Crippen LogP contribution in [0.15, 0.2) is 60.8 Å². The topological polar surface area (TPSA) is 58.1 Å². The van der Waals surface area contributed by atoms with Crippen LogP contribution in [0, 0.1) is 6.92 Å². The van der Waals surface area contributed by atoms with Crippen molar-refractivity contribution in [3.05, 3.63) is 71.9 Å². The molecule has 0 unspecified atom stereocenters. The van der Waals surface area contributed by atoms with Gasteiger partial charge in [-0.1, -0.05) is 24.3 Å². The SMILES string of the molecule is Cc1ccccc1-c1ccnc(Nc2ccc(C(=O)N3CCCC3)cc2)n1. The van der Waals surface area contributed by atoms with Crippen LogP contribution in [0.25, 0.3) is 11.3 Å². The Morgan fingerprint density at radius 3 is 2.48 bits per heavy atom. The van der Waals surface area contributed by atoms with Crippen molar-refractivity contribution in [2.24, 2.45) is 0 Å². The molecule has 1 aliphatic heterocycles. The molecular weight excluding hydrogens is 336 g/mol. The second-order valence-corrected chi connectivity index (χ2v) is 6.78. The van der Waals surface area contributed by atoms with Crippen molar-refractivity contribution in [1.82, 2.24) is 14.9 Å². The first-order chi connectivity index (χ1) is 13.2. The zero-order valence-electron chi connectivity index (χ0n) is 15.4. The molecule has 1 fully saturated rings. The lowest BCUT2D eigenvalue weighted by atomic mass is 10.1. The summed E-state index contributed by atoms with van der Waals surface area (Å²) in [7, 11) is 0. The van der Waals surface area contributed by atoms with Crippen molar-refractivity contribution in [2.45, 2.75) is 19.8 Å². The molecule has 1 amide bonds. The van der Waals surface area contributed by atoms with Crippen LogP contribution in [0.1, 0.15) is 28.8 Å². The number of likely N-dealkylation sites (tertiary alicyclic amines) is 1. The molecule has 2 heterocycles. The Kier molecular flexibility index (Phi) is 4.83. The first kappa shape index (κ1) is 17.2. The van der Waals surface area contributed by atoms with Crippen LogP contribution in [0.3, 0.4) is 0 Å². The zero-order chi connectivity index (χ0) is 18.6. The minimum Gasteiger partial charge on any atom is -0.339 e. The van der Waals surface area contributed by atoms with Crippen LogP contribution < -0.4 is 5.32 Å². The number of anilines is 2. The van der Waals surface area contributed by atoms with E-state index in [1.54, 1.807) is 6.20 Å². The molecule has 136 valence electrons. The van der Waals surface area contributed by atoms with Gasteiger partial charge in [0.25, 0.3) is 5.91 Å². The van der Waals surface area contributed by atoms with Crippen LogP contribution in [0.4, 0.5) is 11.6 Å². The molecule has 27 heavy (non-hydrogen) atoms. The van der Waals surface area contributed by atoms with E-state index in [0.717, 1.165) is 48.4 Å². The Bertz CT molecular complexity index is 947. The molecule has 2 aromatic carbocycles. The molecule has 1 aromatic heterocycles. The average molecular weight is 358 g/mol. The Balaban J connectivity index is 1.50. The van der Waals surface area contributed by atoms with Gasteiger partial charge >= 0.3 is 0 Å². The van der Waals surface area contributed by atoms with Gasteiger partial charge in [-0.2, -0.15) is 0 Å². The van der Waals surface area contributed by atoms with E-state index in [2.05, 4.69) is 34.3 Å². The van der Waals surface area contributed by atoms with Gasteiger partial charge in [0.1, 0.15) is 0 Å². The summed E-state index contributed by atoms with van der Waals surface area (Å²) in [6.07, 6.45) is 3.95. The van der Waals surface area contributed by atoms with Gasteiger partial charge in [-0.15, -0.1) is 0 Å². The second-order valence-electron chi connectivity index (χ2n) is 6.78. The molecule has 0 spiro atoms. The number of rotatable bonds is 4. The molecule has 0 bridgehead atoms. The molecule has 1 N–H and O–H groups in total. The van der Waals surface area contributed by atoms with Gasteiger partial charge in [0.15, 0.2) is 0 Å². The van der Waals surface area contributed by atoms with E-state index in [1.807, 2.05) is 47.4 Å². The van der Waals surface area contributed by atoms with Crippen molar-refractivity contribution in [3.63, 3.8) is 0 Å². The zero-order valence-corrected chi connectivity index (χ0v) is 15.4. The maximum Gasteiger partial charge on any atom is 0.253 e. The molecule has 5 heteroatoms. The highest BCUT2D eigenvalue weighted by molar-refractivity contribution is 5.94. The number of hydrogen-bond donors (Lipinski definition) is 1. The van der Waals surface area contributed by atoms with Crippen LogP contribution in [0.5, 0.6) is 0 Å². The fourth-order valence-electron chi connectivity index (χ4n) is 3.36. The summed E-state index contributed by atoms with van der Waals surface area (Å²) in [6, 6.07) is 17.6. The molecule has 5 nitrogen and oxygen atoms in total. The number of benzene rings is 2. The van der Waals surface area contributed by atoms with E-state index < -0.39 is 0 Å². The second kappa shape index (κ2) is 7.58. The van der Waals surface area contributed by atoms with Crippen molar-refractivity contribution in [3.8, 4) is 11.3 Å². The molecule has 1 aliphatic rings. The standard InChI is InChI=1S/C22H22N4O/c1-16-6-2-3-7-19(16)20-12-13-23-22(25-20)24-18-10-8-17(9-11-18)21(27)26-14-4-5-15-26/h2-3,6-13H,4-5,14-15H2,1H3,(H,23,24,25). The summed E-state index contributed by atoms with van der Waals surface area (Å²) in [5.74, 6) is 0.645. The highest BCUT2D eigenvalue weighted by Crippen LogP contribution is 2.23. The number of carbonyl (C=O) groups is 1. The fraction of sp³-hybridized carbons (Fsp3) is 0.227. The summed E-state index contributed by atoms with van der Waals surface area (Å²) < 4.78 is 0. The quantitative estimate of drug-likeness (QED) is 0.749. The van der Waals surface area contributed by atoms with E-state index in [4.69, 9.17) is 0 Å². The largest absolute Gasteiger partial charge is 0.339 e. The number of hydrogen-bond acceptors (Lipinski definition) is 4. The first-order valence-electron chi connectivity index (χ1n) is 9.26. The molecule has 3 aromatic rings. The third-order valence-electron chi connectivity index (χ3n) is 4.86. The Labute approximate surface area is 159 Å². The lowest BCUT2D eigenvalue weighted by molar-refractivity contribution is 0.0793. The summed E-state index contributed by atoms with van der Waals surface area (Å²) in [4.78, 5) is 23.3. The lowest BCUT2D eigenvalue weighted by Gasteiger charge is -2.15. The maximum atomic E-state index is 12.4. The van der Waals surface area contributed by atoms with Crippen molar-refractivity contribution in [2.75, 3.05) is 18.4 Å². The maximum absolute atomic E-state index is 12.4. The van der Waals surface area contributed by atoms with E-state index in [9.17, 15) is 4.79 Å². The van der Waals surface area contributed by atoms with Crippen LogP contribution >= 0.6 is 0 Å². The molecule has 0 saturated carbocycles. The monoisotopic (exact) mass is 358 g/mol. The summed E-state index contributed by atoms with van der Waals surface area (Å²) >= 11 is 0. The van der Waals surface area contributed by atoms with Gasteiger partial charge in [-0.3, -0.25) is 4.79 Å². The number of nitrogens with zero attached hydrogens (tertiary/aromatic N) is 3. The molecule has 1 saturated heterocycles. The Morgan fingerprint density at radius 2 is 1.74 bits per heavy atom. The number of carbonyl (C=O) groups excluding carboxylic acids is 1. The lowest BCUT2D eigenvalue weighted by Crippen LogP contribution is -2.27. The van der Waals surface area contributed by atoms with E-state index in [0.29, 0.717) is 5.95 Å². The van der Waals surface area contributed by atoms with Crippen LogP contribution in [0.2, 0.25) is 0 Å². The van der Waals surface area contributed by atoms with E-state index in [1.165, 1.54) is 5.56 Å². The van der Waals surface area contributed by atoms with Gasteiger partial charge in [-0.25, -0.2) is 9.97 Å². The van der Waals surface area contributed by atoms with Gasteiger partial charge in [0.05, 0.1) is 5.69 Å². The van der Waals surface area contributed by atoms with Gasteiger partial charge in [0, 0.05) is 36.1 Å². The van der Waals surface area contributed by atoms with Gasteiger partial charge < -0.3 is 10.2 Å². The van der Waals surface area contributed by atoms with E-state index in [-0.39, 0.29) is 5.91 Å². The normalized spacial score (nSPS) is 13.6. The highest BCUT2D eigenvalue weighted by atomic mass is 16.2. The van der Waals surface area contributed by atoms with Gasteiger partial charge in [-0.05, 0) is 55.7 Å². The molecule has 0 atom stereocenters. The number of aryl methyl sites for hydroxylation is 1. The summed E-state index contributed by atoms with van der Waals surface area (Å²) in [5.41, 5.74) is 4.72. The average Bonchev–Trinajstić information content (AvgIpc) is 3.23. The van der Waals surface area contributed by atoms with Crippen LogP contribution in [-0.2, 0) is 0 Å². The predicted molar refractivity (Wildman–Crippen MR) is 107 cm³/mol. The first-order valence-corrected chi connectivity index (χ1v) is 9.26. The number of aromatic nitrogens is 2. The van der Waals surface area contributed by atoms with Gasteiger partial charge in [0.2, 0.25) is 5.95 Å². The minimum atomic E-state index is 0.108. The van der Waals surface area contributed by atoms with E-state index >= 15 is 0 Å². The molecule has 4 rings (SSSR count). The fourth-order valence-corrected chi connectivity index (χ4v) is 3.36. The third-order valence-corrected chi connectivity index (χ3v) is 4.86. The van der Waals surface area contributed by atoms with Crippen molar-refractivity contribution < 1.29 is 4.79 Å². The minimum absolute atomic E-state index is 0.108. The molecular formula is C22H22N4O. The highest BCUT2D eigenvalue weighted by Gasteiger charge is 2.19. The number of nitrogens with one attached hydrogen (secondary N) is 1. The summed E-state index contributed by atoms with van der Waals surface area (Å²) in [6.45, 7) is 3.79. The van der Waals surface area contributed by atoms with Crippen molar-refractivity contribution >= 4 is 17.5 Å². The molecule has 0 aliphatic carbocycles. The van der Waals surface area contributed by atoms with Crippen LogP contribution in [-0.4, -0.2) is 33.9 Å². The third kappa shape index (κ3) is 3.82. The number of amides is 1. The predicted octanol–water partition coefficient (Wildman–Crippen LogP) is 4.43.